The molecule has 1 aromatic carbocycles. The molecule has 0 atom stereocenters. The van der Waals surface area contributed by atoms with E-state index in [0.29, 0.717) is 16.2 Å². The second-order valence-electron chi connectivity index (χ2n) is 8.88. The van der Waals surface area contributed by atoms with E-state index in [2.05, 4.69) is 31.1 Å². The maximum absolute atomic E-state index is 12.7. The van der Waals surface area contributed by atoms with E-state index in [9.17, 15) is 14.4 Å². The number of thiazole rings is 1. The Hall–Kier alpha value is -2.28. The van der Waals surface area contributed by atoms with Crippen LogP contribution >= 0.6 is 11.3 Å². The van der Waals surface area contributed by atoms with Crippen LogP contribution in [0.1, 0.15) is 64.2 Å². The van der Waals surface area contributed by atoms with Crippen LogP contribution in [0.5, 0.6) is 0 Å². The molecule has 1 N–H and O–H groups in total. The first-order chi connectivity index (χ1) is 12.5. The average Bonchev–Trinajstić information content (AvgIpc) is 3.06. The molecule has 3 rings (SSSR count). The molecule has 0 radical (unpaired) electrons. The molecule has 27 heavy (non-hydrogen) atoms. The summed E-state index contributed by atoms with van der Waals surface area (Å²) in [6.07, 6.45) is 1.30. The molecular formula is C20H25N3O3S. The molecule has 3 amide bonds. The van der Waals surface area contributed by atoms with Crippen LogP contribution in [0.25, 0.3) is 10.2 Å². The Kier molecular flexibility index (Phi) is 4.84. The fourth-order valence-electron chi connectivity index (χ4n) is 3.69. The van der Waals surface area contributed by atoms with E-state index in [0.717, 1.165) is 16.0 Å². The summed E-state index contributed by atoms with van der Waals surface area (Å²) < 4.78 is 0.777. The minimum absolute atomic E-state index is 0.0993. The number of nitrogens with one attached hydrogen (secondary N) is 1. The molecule has 7 heteroatoms. The van der Waals surface area contributed by atoms with Gasteiger partial charge in [0.15, 0.2) is 5.13 Å². The minimum Gasteiger partial charge on any atom is -0.347 e. The predicted molar refractivity (Wildman–Crippen MR) is 107 cm³/mol. The molecule has 0 unspecified atom stereocenters. The highest BCUT2D eigenvalue weighted by atomic mass is 32.1. The van der Waals surface area contributed by atoms with Crippen molar-refractivity contribution >= 4 is 44.4 Å². The van der Waals surface area contributed by atoms with Crippen LogP contribution in [0.2, 0.25) is 0 Å². The lowest BCUT2D eigenvalue weighted by Crippen LogP contribution is -2.45. The van der Waals surface area contributed by atoms with Crippen LogP contribution < -0.4 is 10.2 Å². The number of carbonyl (C=O) groups excluding carboxylic acids is 3. The second-order valence-corrected chi connectivity index (χ2v) is 9.89. The molecule has 1 aromatic heterocycles. The van der Waals surface area contributed by atoms with Gasteiger partial charge in [0.2, 0.25) is 11.8 Å². The number of imide groups is 1. The van der Waals surface area contributed by atoms with Crippen molar-refractivity contribution in [2.75, 3.05) is 4.90 Å². The topological polar surface area (TPSA) is 79.4 Å². The highest BCUT2D eigenvalue weighted by Crippen LogP contribution is 2.33. The smallest absolute Gasteiger partial charge is 0.251 e. The van der Waals surface area contributed by atoms with E-state index in [1.54, 1.807) is 18.2 Å². The lowest BCUT2D eigenvalue weighted by molar-refractivity contribution is -0.121. The molecule has 1 aliphatic heterocycles. The second kappa shape index (κ2) is 6.71. The Morgan fingerprint density at radius 1 is 1.15 bits per heavy atom. The molecule has 0 spiro atoms. The van der Waals surface area contributed by atoms with Crippen molar-refractivity contribution < 1.29 is 14.4 Å². The maximum Gasteiger partial charge on any atom is 0.251 e. The van der Waals surface area contributed by atoms with Crippen molar-refractivity contribution in [1.82, 2.24) is 10.3 Å². The molecule has 0 saturated carbocycles. The summed E-state index contributed by atoms with van der Waals surface area (Å²) in [7, 11) is 0. The van der Waals surface area contributed by atoms with Crippen LogP contribution in [0.15, 0.2) is 18.2 Å². The molecule has 0 aliphatic carbocycles. The highest BCUT2D eigenvalue weighted by molar-refractivity contribution is 7.22. The summed E-state index contributed by atoms with van der Waals surface area (Å²) in [5.74, 6) is -0.587. The molecule has 2 aromatic rings. The lowest BCUT2D eigenvalue weighted by Gasteiger charge is -2.33. The number of anilines is 1. The Bertz CT molecular complexity index is 908. The molecule has 6 nitrogen and oxygen atoms in total. The largest absolute Gasteiger partial charge is 0.347 e. The van der Waals surface area contributed by atoms with Gasteiger partial charge in [-0.3, -0.25) is 14.4 Å². The van der Waals surface area contributed by atoms with E-state index in [1.807, 2.05) is 13.8 Å². The zero-order valence-electron chi connectivity index (χ0n) is 16.4. The Morgan fingerprint density at radius 3 is 2.37 bits per heavy atom. The molecule has 1 fully saturated rings. The molecule has 1 saturated heterocycles. The molecular weight excluding hydrogens is 362 g/mol. The van der Waals surface area contributed by atoms with E-state index in [1.165, 1.54) is 11.3 Å². The summed E-state index contributed by atoms with van der Waals surface area (Å²) in [5, 5.41) is 3.47. The third-order valence-corrected chi connectivity index (χ3v) is 5.31. The van der Waals surface area contributed by atoms with Crippen molar-refractivity contribution in [3.8, 4) is 0 Å². The van der Waals surface area contributed by atoms with Gasteiger partial charge in [0.25, 0.3) is 5.91 Å². The van der Waals surface area contributed by atoms with E-state index in [4.69, 9.17) is 0 Å². The molecule has 144 valence electrons. The molecule has 1 aliphatic rings. The van der Waals surface area contributed by atoms with Crippen LogP contribution in [0.3, 0.4) is 0 Å². The Morgan fingerprint density at radius 2 is 1.78 bits per heavy atom. The maximum atomic E-state index is 12.7. The zero-order valence-corrected chi connectivity index (χ0v) is 17.2. The van der Waals surface area contributed by atoms with Gasteiger partial charge in [-0.2, -0.15) is 0 Å². The van der Waals surface area contributed by atoms with Crippen molar-refractivity contribution in [2.24, 2.45) is 5.41 Å². The third-order valence-electron chi connectivity index (χ3n) is 4.31. The number of aromatic nitrogens is 1. The van der Waals surface area contributed by atoms with Crippen molar-refractivity contribution in [1.29, 1.82) is 0 Å². The highest BCUT2D eigenvalue weighted by Gasteiger charge is 2.33. The number of benzene rings is 1. The molecule has 2 heterocycles. The SMILES string of the molecule is CC(C)(C)CC(C)(C)NC(=O)c1ccc2nc(N3C(=O)CCC3=O)sc2c1. The van der Waals surface area contributed by atoms with Gasteiger partial charge in [0.05, 0.1) is 10.2 Å². The monoisotopic (exact) mass is 387 g/mol. The van der Waals surface area contributed by atoms with Crippen LogP contribution in [-0.2, 0) is 9.59 Å². The van der Waals surface area contributed by atoms with Gasteiger partial charge < -0.3 is 5.32 Å². The first kappa shape index (κ1) is 19.5. The lowest BCUT2D eigenvalue weighted by atomic mass is 9.81. The predicted octanol–water partition coefficient (Wildman–Crippen LogP) is 3.89. The van der Waals surface area contributed by atoms with Gasteiger partial charge >= 0.3 is 0 Å². The van der Waals surface area contributed by atoms with Crippen LogP contribution in [0, 0.1) is 5.41 Å². The number of rotatable bonds is 4. The summed E-state index contributed by atoms with van der Waals surface area (Å²) in [4.78, 5) is 42.1. The number of carbonyl (C=O) groups is 3. The van der Waals surface area contributed by atoms with Gasteiger partial charge in [-0.1, -0.05) is 32.1 Å². The van der Waals surface area contributed by atoms with Crippen molar-refractivity contribution in [2.45, 2.75) is 59.4 Å². The van der Waals surface area contributed by atoms with Crippen molar-refractivity contribution in [3.05, 3.63) is 23.8 Å². The first-order valence-corrected chi connectivity index (χ1v) is 9.86. The Balaban J connectivity index is 1.83. The fraction of sp³-hybridized carbons (Fsp3) is 0.500. The van der Waals surface area contributed by atoms with Crippen molar-refractivity contribution in [3.63, 3.8) is 0 Å². The van der Waals surface area contributed by atoms with Crippen LogP contribution in [0.4, 0.5) is 5.13 Å². The summed E-state index contributed by atoms with van der Waals surface area (Å²) in [6.45, 7) is 10.5. The Labute approximate surface area is 163 Å². The number of amides is 3. The van der Waals surface area contributed by atoms with Crippen LogP contribution in [-0.4, -0.2) is 28.2 Å². The standard InChI is InChI=1S/C20H25N3O3S/c1-19(2,3)11-20(4,5)22-17(26)12-6-7-13-14(10-12)27-18(21-13)23-15(24)8-9-16(23)25/h6-7,10H,8-9,11H2,1-5H3,(H,22,26). The quantitative estimate of drug-likeness (QED) is 0.807. The minimum atomic E-state index is -0.336. The summed E-state index contributed by atoms with van der Waals surface area (Å²) in [5.41, 5.74) is 0.978. The number of nitrogens with zero attached hydrogens (tertiary/aromatic N) is 2. The fourth-order valence-corrected chi connectivity index (χ4v) is 4.73. The number of fused-ring (bicyclic) bond motifs is 1. The summed E-state index contributed by atoms with van der Waals surface area (Å²) in [6, 6.07) is 5.25. The van der Waals surface area contributed by atoms with Gasteiger partial charge in [-0.15, -0.1) is 0 Å². The molecule has 0 bridgehead atoms. The summed E-state index contributed by atoms with van der Waals surface area (Å²) >= 11 is 1.25. The van der Waals surface area contributed by atoms with Gasteiger partial charge in [-0.25, -0.2) is 9.88 Å². The number of hydrogen-bond acceptors (Lipinski definition) is 5. The normalized spacial score (nSPS) is 15.7. The first-order valence-electron chi connectivity index (χ1n) is 9.04. The zero-order chi connectivity index (χ0) is 20.0. The third kappa shape index (κ3) is 4.35. The van der Waals surface area contributed by atoms with E-state index in [-0.39, 0.29) is 41.5 Å². The van der Waals surface area contributed by atoms with E-state index >= 15 is 0 Å². The number of hydrogen-bond donors (Lipinski definition) is 1. The van der Waals surface area contributed by atoms with Gasteiger partial charge in [0.1, 0.15) is 0 Å². The van der Waals surface area contributed by atoms with Gasteiger partial charge in [0, 0.05) is 23.9 Å². The average molecular weight is 388 g/mol. The van der Waals surface area contributed by atoms with E-state index < -0.39 is 0 Å². The van der Waals surface area contributed by atoms with Gasteiger partial charge in [-0.05, 0) is 43.9 Å².